The lowest BCUT2D eigenvalue weighted by atomic mass is 10.3. The van der Waals surface area contributed by atoms with Gasteiger partial charge in [0.1, 0.15) is 6.61 Å². The highest BCUT2D eigenvalue weighted by Gasteiger charge is 2.26. The maximum absolute atomic E-state index is 12.0. The van der Waals surface area contributed by atoms with E-state index in [0.717, 1.165) is 0 Å². The van der Waals surface area contributed by atoms with E-state index in [-0.39, 0.29) is 6.61 Å². The highest BCUT2D eigenvalue weighted by atomic mass is 19.3. The van der Waals surface area contributed by atoms with Gasteiger partial charge in [0.25, 0.3) is 5.92 Å². The fraction of sp³-hybridized carbons (Fsp3) is 1.00. The summed E-state index contributed by atoms with van der Waals surface area (Å²) in [7, 11) is 1.34. The van der Waals surface area contributed by atoms with Gasteiger partial charge in [-0.2, -0.15) is 0 Å². The molecular weight excluding hydrogens is 130 g/mol. The molecule has 0 saturated carbocycles. The van der Waals surface area contributed by atoms with Gasteiger partial charge in [-0.3, -0.25) is 0 Å². The first-order valence-corrected chi connectivity index (χ1v) is 2.60. The Hall–Kier alpha value is -0.220. The minimum Gasteiger partial charge on any atom is -0.390 e. The molecule has 0 saturated heterocycles. The Morgan fingerprint density at radius 2 is 2.11 bits per heavy atom. The molecule has 0 amide bonds. The molecule has 0 bridgehead atoms. The number of aliphatic hydroxyl groups is 1. The monoisotopic (exact) mass is 140 g/mol. The van der Waals surface area contributed by atoms with Crippen LogP contribution in [0.15, 0.2) is 0 Å². The van der Waals surface area contributed by atoms with Crippen molar-refractivity contribution in [1.82, 2.24) is 0 Å². The zero-order valence-electron chi connectivity index (χ0n) is 5.23. The summed E-state index contributed by atoms with van der Waals surface area (Å²) < 4.78 is 28.4. The van der Waals surface area contributed by atoms with Crippen LogP contribution < -0.4 is 0 Å². The van der Waals surface area contributed by atoms with E-state index in [2.05, 4.69) is 4.74 Å². The van der Waals surface area contributed by atoms with Crippen molar-refractivity contribution in [1.29, 1.82) is 0 Å². The maximum atomic E-state index is 12.0. The number of ether oxygens (including phenoxy) is 1. The molecule has 0 heterocycles. The van der Waals surface area contributed by atoms with E-state index < -0.39 is 19.0 Å². The minimum absolute atomic E-state index is 0.0203. The van der Waals surface area contributed by atoms with E-state index in [4.69, 9.17) is 5.11 Å². The van der Waals surface area contributed by atoms with Gasteiger partial charge >= 0.3 is 0 Å². The number of hydrogen-bond donors (Lipinski definition) is 1. The van der Waals surface area contributed by atoms with Crippen molar-refractivity contribution in [2.24, 2.45) is 0 Å². The molecule has 0 unspecified atom stereocenters. The van der Waals surface area contributed by atoms with Gasteiger partial charge in [-0.25, -0.2) is 8.78 Å². The van der Waals surface area contributed by atoms with Gasteiger partial charge in [0.05, 0.1) is 6.61 Å². The van der Waals surface area contributed by atoms with Gasteiger partial charge < -0.3 is 9.84 Å². The molecule has 0 spiro atoms. The molecule has 0 aliphatic rings. The Labute approximate surface area is 52.4 Å². The van der Waals surface area contributed by atoms with Gasteiger partial charge in [0.15, 0.2) is 0 Å². The molecule has 9 heavy (non-hydrogen) atoms. The minimum atomic E-state index is -2.98. The van der Waals surface area contributed by atoms with Crippen LogP contribution in [-0.4, -0.2) is 31.4 Å². The number of rotatable bonds is 4. The third-order valence-electron chi connectivity index (χ3n) is 0.903. The van der Waals surface area contributed by atoms with E-state index in [0.29, 0.717) is 0 Å². The molecule has 0 aromatic carbocycles. The Morgan fingerprint density at radius 3 is 2.44 bits per heavy atom. The van der Waals surface area contributed by atoms with Crippen LogP contribution >= 0.6 is 0 Å². The van der Waals surface area contributed by atoms with Crippen molar-refractivity contribution < 1.29 is 18.6 Å². The molecule has 0 atom stereocenters. The molecule has 0 aliphatic heterocycles. The topological polar surface area (TPSA) is 29.5 Å². The van der Waals surface area contributed by atoms with Crippen molar-refractivity contribution in [2.75, 3.05) is 20.3 Å². The fourth-order valence-corrected chi connectivity index (χ4v) is 0.330. The summed E-state index contributed by atoms with van der Waals surface area (Å²) >= 11 is 0. The molecule has 0 aromatic heterocycles. The van der Waals surface area contributed by atoms with Crippen molar-refractivity contribution in [3.05, 3.63) is 0 Å². The summed E-state index contributed by atoms with van der Waals surface area (Å²) in [6.07, 6.45) is -0.417. The average molecular weight is 140 g/mol. The molecule has 0 aliphatic carbocycles. The van der Waals surface area contributed by atoms with E-state index >= 15 is 0 Å². The number of aliphatic hydroxyl groups excluding tert-OH is 1. The van der Waals surface area contributed by atoms with Crippen LogP contribution in [0.2, 0.25) is 0 Å². The van der Waals surface area contributed by atoms with Gasteiger partial charge in [-0.05, 0) is 0 Å². The lowest BCUT2D eigenvalue weighted by molar-refractivity contribution is -0.0687. The molecule has 0 radical (unpaired) electrons. The molecular formula is C5H10F2O2. The van der Waals surface area contributed by atoms with E-state index in [1.165, 1.54) is 7.11 Å². The van der Waals surface area contributed by atoms with Crippen LogP contribution in [0.3, 0.4) is 0 Å². The molecule has 1 N–H and O–H groups in total. The molecule has 2 nitrogen and oxygen atoms in total. The average Bonchev–Trinajstić information content (AvgIpc) is 1.84. The third-order valence-corrected chi connectivity index (χ3v) is 0.903. The predicted molar refractivity (Wildman–Crippen MR) is 28.5 cm³/mol. The Balaban J connectivity index is 3.33. The normalized spacial score (nSPS) is 12.0. The first-order valence-electron chi connectivity index (χ1n) is 2.60. The van der Waals surface area contributed by atoms with Crippen LogP contribution in [-0.2, 0) is 4.74 Å². The summed E-state index contributed by atoms with van der Waals surface area (Å²) in [5.74, 6) is -2.98. The largest absolute Gasteiger partial charge is 0.390 e. The van der Waals surface area contributed by atoms with Gasteiger partial charge in [0.2, 0.25) is 0 Å². The highest BCUT2D eigenvalue weighted by Crippen LogP contribution is 2.16. The van der Waals surface area contributed by atoms with Crippen LogP contribution in [0.4, 0.5) is 8.78 Å². The Morgan fingerprint density at radius 1 is 1.56 bits per heavy atom. The van der Waals surface area contributed by atoms with Crippen LogP contribution in [0.25, 0.3) is 0 Å². The predicted octanol–water partition coefficient (Wildman–Crippen LogP) is 0.651. The summed E-state index contributed by atoms with van der Waals surface area (Å²) in [5, 5.41) is 8.02. The van der Waals surface area contributed by atoms with E-state index in [1.54, 1.807) is 0 Å². The molecule has 56 valence electrons. The standard InChI is InChI=1S/C5H10F2O2/c1-9-3-2-5(6,7)4-8/h8H,2-4H2,1H3. The quantitative estimate of drug-likeness (QED) is 0.621. The Bertz CT molecular complexity index is 75.4. The second kappa shape index (κ2) is 3.74. The van der Waals surface area contributed by atoms with Crippen LogP contribution in [0.1, 0.15) is 6.42 Å². The highest BCUT2D eigenvalue weighted by molar-refractivity contribution is 4.62. The number of halogens is 2. The molecule has 0 fully saturated rings. The van der Waals surface area contributed by atoms with Crippen molar-refractivity contribution in [3.8, 4) is 0 Å². The summed E-state index contributed by atoms with van der Waals surface area (Å²) in [4.78, 5) is 0. The summed E-state index contributed by atoms with van der Waals surface area (Å²) in [6.45, 7) is -1.12. The second-order valence-electron chi connectivity index (χ2n) is 1.76. The third kappa shape index (κ3) is 4.29. The molecule has 4 heteroatoms. The fourth-order valence-electron chi connectivity index (χ4n) is 0.330. The summed E-state index contributed by atoms with van der Waals surface area (Å²) in [6, 6.07) is 0. The SMILES string of the molecule is COCCC(F)(F)CO. The molecule has 0 rings (SSSR count). The summed E-state index contributed by atoms with van der Waals surface area (Å²) in [5.41, 5.74) is 0. The first kappa shape index (κ1) is 8.78. The van der Waals surface area contributed by atoms with Gasteiger partial charge in [-0.15, -0.1) is 0 Å². The van der Waals surface area contributed by atoms with Crippen molar-refractivity contribution in [2.45, 2.75) is 12.3 Å². The van der Waals surface area contributed by atoms with Crippen molar-refractivity contribution in [3.63, 3.8) is 0 Å². The lowest BCUT2D eigenvalue weighted by Gasteiger charge is -2.10. The zero-order chi connectivity index (χ0) is 7.33. The smallest absolute Gasteiger partial charge is 0.272 e. The first-order chi connectivity index (χ1) is 4.12. The van der Waals surface area contributed by atoms with Crippen molar-refractivity contribution >= 4 is 0 Å². The van der Waals surface area contributed by atoms with E-state index in [9.17, 15) is 8.78 Å². The lowest BCUT2D eigenvalue weighted by Crippen LogP contribution is -2.22. The van der Waals surface area contributed by atoms with Crippen LogP contribution in [0.5, 0.6) is 0 Å². The number of methoxy groups -OCH3 is 1. The zero-order valence-corrected chi connectivity index (χ0v) is 5.23. The second-order valence-corrected chi connectivity index (χ2v) is 1.76. The number of alkyl halides is 2. The van der Waals surface area contributed by atoms with Gasteiger partial charge in [-0.1, -0.05) is 0 Å². The van der Waals surface area contributed by atoms with Crippen LogP contribution in [0, 0.1) is 0 Å². The maximum Gasteiger partial charge on any atom is 0.272 e. The number of hydrogen-bond acceptors (Lipinski definition) is 2. The van der Waals surface area contributed by atoms with Gasteiger partial charge in [0, 0.05) is 13.5 Å². The molecule has 0 aromatic rings. The van der Waals surface area contributed by atoms with E-state index in [1.807, 2.05) is 0 Å². The Kier molecular flexibility index (Phi) is 3.65.